The Morgan fingerprint density at radius 3 is 1.60 bits per heavy atom. The minimum Gasteiger partial charge on any atom is -0.0991 e. The summed E-state index contributed by atoms with van der Waals surface area (Å²) < 4.78 is 0. The maximum atomic E-state index is 3.52. The standard InChI is InChI=1S/C6H10.C4H10/c1-4-5-6(2)3;1-3-4-2/h4-5H,1H2,2-3H3;3-4H2,1-2H3. The molecule has 0 bridgehead atoms. The molecular formula is C10H20. The molecule has 0 aliphatic carbocycles. The topological polar surface area (TPSA) is 0 Å². The molecule has 0 nitrogen and oxygen atoms in total. The van der Waals surface area contributed by atoms with E-state index in [1.54, 1.807) is 6.08 Å². The molecule has 0 amide bonds. The third-order valence-corrected chi connectivity index (χ3v) is 0.951. The summed E-state index contributed by atoms with van der Waals surface area (Å²) in [6, 6.07) is 0. The van der Waals surface area contributed by atoms with Crippen LogP contribution in [0.3, 0.4) is 0 Å². The van der Waals surface area contributed by atoms with Gasteiger partial charge in [-0.15, -0.1) is 0 Å². The normalized spacial score (nSPS) is 7.20. The Balaban J connectivity index is 0. The molecule has 0 unspecified atom stereocenters. The molecule has 0 aromatic rings. The van der Waals surface area contributed by atoms with Gasteiger partial charge < -0.3 is 0 Å². The Morgan fingerprint density at radius 1 is 1.20 bits per heavy atom. The third kappa shape index (κ3) is 25.9. The van der Waals surface area contributed by atoms with E-state index in [0.29, 0.717) is 0 Å². The summed E-state index contributed by atoms with van der Waals surface area (Å²) in [7, 11) is 0. The number of hydrogen-bond acceptors (Lipinski definition) is 0. The first-order chi connectivity index (χ1) is 4.68. The highest BCUT2D eigenvalue weighted by Crippen LogP contribution is 1.85. The molecule has 10 heavy (non-hydrogen) atoms. The lowest BCUT2D eigenvalue weighted by molar-refractivity contribution is 0.886. The predicted molar refractivity (Wildman–Crippen MR) is 50.2 cm³/mol. The van der Waals surface area contributed by atoms with Crippen molar-refractivity contribution in [3.8, 4) is 0 Å². The zero-order valence-electron chi connectivity index (χ0n) is 7.78. The van der Waals surface area contributed by atoms with Crippen molar-refractivity contribution < 1.29 is 0 Å². The van der Waals surface area contributed by atoms with Crippen molar-refractivity contribution in [1.29, 1.82) is 0 Å². The molecule has 0 spiro atoms. The third-order valence-electron chi connectivity index (χ3n) is 0.951. The van der Waals surface area contributed by atoms with E-state index in [9.17, 15) is 0 Å². The van der Waals surface area contributed by atoms with Crippen LogP contribution in [0.4, 0.5) is 0 Å². The summed E-state index contributed by atoms with van der Waals surface area (Å²) in [5.74, 6) is 0. The summed E-state index contributed by atoms with van der Waals surface area (Å²) in [5, 5.41) is 0. The van der Waals surface area contributed by atoms with E-state index in [0.717, 1.165) is 0 Å². The van der Waals surface area contributed by atoms with Crippen LogP contribution in [0.1, 0.15) is 40.5 Å². The largest absolute Gasteiger partial charge is 0.0991 e. The van der Waals surface area contributed by atoms with Crippen molar-refractivity contribution in [3.05, 3.63) is 24.3 Å². The average molecular weight is 140 g/mol. The van der Waals surface area contributed by atoms with Crippen LogP contribution in [-0.2, 0) is 0 Å². The van der Waals surface area contributed by atoms with Crippen molar-refractivity contribution in [2.75, 3.05) is 0 Å². The summed E-state index contributed by atoms with van der Waals surface area (Å²) >= 11 is 0. The van der Waals surface area contributed by atoms with Crippen molar-refractivity contribution in [2.45, 2.75) is 40.5 Å². The van der Waals surface area contributed by atoms with Crippen LogP contribution < -0.4 is 0 Å². The van der Waals surface area contributed by atoms with Crippen molar-refractivity contribution in [3.63, 3.8) is 0 Å². The average Bonchev–Trinajstić information content (AvgIpc) is 1.89. The van der Waals surface area contributed by atoms with Gasteiger partial charge in [0.15, 0.2) is 0 Å². The van der Waals surface area contributed by atoms with Crippen molar-refractivity contribution in [2.24, 2.45) is 0 Å². The van der Waals surface area contributed by atoms with Gasteiger partial charge in [0.05, 0.1) is 0 Å². The van der Waals surface area contributed by atoms with Gasteiger partial charge in [-0.1, -0.05) is 51.0 Å². The molecule has 60 valence electrons. The van der Waals surface area contributed by atoms with Gasteiger partial charge in [-0.25, -0.2) is 0 Å². The van der Waals surface area contributed by atoms with Crippen LogP contribution in [0.15, 0.2) is 24.3 Å². The molecule has 0 radical (unpaired) electrons. The quantitative estimate of drug-likeness (QED) is 0.509. The Morgan fingerprint density at radius 2 is 1.60 bits per heavy atom. The Labute approximate surface area is 65.7 Å². The maximum absolute atomic E-state index is 3.52. The van der Waals surface area contributed by atoms with E-state index in [4.69, 9.17) is 0 Å². The lowest BCUT2D eigenvalue weighted by atomic mass is 10.3. The fourth-order valence-electron chi connectivity index (χ4n) is 0.236. The lowest BCUT2D eigenvalue weighted by Gasteiger charge is -1.76. The summed E-state index contributed by atoms with van der Waals surface area (Å²) in [5.41, 5.74) is 1.30. The molecule has 0 heteroatoms. The second-order valence-corrected chi connectivity index (χ2v) is 2.48. The predicted octanol–water partition coefficient (Wildman–Crippen LogP) is 3.95. The lowest BCUT2D eigenvalue weighted by Crippen LogP contribution is -1.54. The first kappa shape index (κ1) is 12.2. The number of hydrogen-bond donors (Lipinski definition) is 0. The van der Waals surface area contributed by atoms with Crippen LogP contribution in [0, 0.1) is 0 Å². The Bertz CT molecular complexity index is 82.2. The highest BCUT2D eigenvalue weighted by molar-refractivity contribution is 5.04. The molecular weight excluding hydrogens is 120 g/mol. The monoisotopic (exact) mass is 140 g/mol. The van der Waals surface area contributed by atoms with Gasteiger partial charge in [0.2, 0.25) is 0 Å². The van der Waals surface area contributed by atoms with Crippen LogP contribution in [0.25, 0.3) is 0 Å². The van der Waals surface area contributed by atoms with Gasteiger partial charge in [0.25, 0.3) is 0 Å². The molecule has 0 aliphatic rings. The molecule has 0 atom stereocenters. The maximum Gasteiger partial charge on any atom is -0.0439 e. The van der Waals surface area contributed by atoms with E-state index >= 15 is 0 Å². The molecule has 0 aromatic heterocycles. The number of unbranched alkanes of at least 4 members (excludes halogenated alkanes) is 1. The Kier molecular flexibility index (Phi) is 13.8. The Hall–Kier alpha value is -0.520. The second-order valence-electron chi connectivity index (χ2n) is 2.48. The molecule has 0 rings (SSSR count). The van der Waals surface area contributed by atoms with Gasteiger partial charge in [-0.3, -0.25) is 0 Å². The highest BCUT2D eigenvalue weighted by Gasteiger charge is 1.63. The molecule has 0 aliphatic heterocycles. The molecule has 0 heterocycles. The number of allylic oxidation sites excluding steroid dienone is 3. The number of rotatable bonds is 2. The molecule has 0 aromatic carbocycles. The van der Waals surface area contributed by atoms with E-state index in [1.807, 2.05) is 19.9 Å². The van der Waals surface area contributed by atoms with Gasteiger partial charge in [0.1, 0.15) is 0 Å². The van der Waals surface area contributed by atoms with Crippen LogP contribution in [0.5, 0.6) is 0 Å². The smallest absolute Gasteiger partial charge is 0.0439 e. The highest BCUT2D eigenvalue weighted by atomic mass is 13.7. The van der Waals surface area contributed by atoms with Crippen LogP contribution >= 0.6 is 0 Å². The SMILES string of the molecule is C=CC=C(C)C.CCCC. The first-order valence-corrected chi connectivity index (χ1v) is 3.94. The summed E-state index contributed by atoms with van der Waals surface area (Å²) in [4.78, 5) is 0. The van der Waals surface area contributed by atoms with Crippen molar-refractivity contribution in [1.82, 2.24) is 0 Å². The fraction of sp³-hybridized carbons (Fsp3) is 0.600. The summed E-state index contributed by atoms with van der Waals surface area (Å²) in [6.07, 6.45) is 6.40. The van der Waals surface area contributed by atoms with E-state index in [1.165, 1.54) is 18.4 Å². The zero-order chi connectivity index (χ0) is 8.41. The van der Waals surface area contributed by atoms with E-state index in [2.05, 4.69) is 20.4 Å². The van der Waals surface area contributed by atoms with Gasteiger partial charge in [-0.05, 0) is 13.8 Å². The van der Waals surface area contributed by atoms with E-state index in [-0.39, 0.29) is 0 Å². The fourth-order valence-corrected chi connectivity index (χ4v) is 0.236. The zero-order valence-corrected chi connectivity index (χ0v) is 7.78. The van der Waals surface area contributed by atoms with Gasteiger partial charge >= 0.3 is 0 Å². The minimum atomic E-state index is 1.30. The minimum absolute atomic E-state index is 1.30. The second kappa shape index (κ2) is 11.3. The van der Waals surface area contributed by atoms with Crippen LogP contribution in [-0.4, -0.2) is 0 Å². The van der Waals surface area contributed by atoms with E-state index < -0.39 is 0 Å². The summed E-state index contributed by atoms with van der Waals surface area (Å²) in [6.45, 7) is 12.0. The van der Waals surface area contributed by atoms with Crippen LogP contribution in [0.2, 0.25) is 0 Å². The molecule has 0 fully saturated rings. The van der Waals surface area contributed by atoms with Crippen molar-refractivity contribution >= 4 is 0 Å². The first-order valence-electron chi connectivity index (χ1n) is 3.94. The molecule has 0 N–H and O–H groups in total. The molecule has 0 saturated heterocycles. The van der Waals surface area contributed by atoms with Gasteiger partial charge in [0, 0.05) is 0 Å². The molecule has 0 saturated carbocycles. The van der Waals surface area contributed by atoms with Gasteiger partial charge in [-0.2, -0.15) is 0 Å².